The van der Waals surface area contributed by atoms with Gasteiger partial charge in [0, 0.05) is 7.11 Å². The molecular weight excluding hydrogens is 222 g/mol. The van der Waals surface area contributed by atoms with Crippen molar-refractivity contribution in [3.63, 3.8) is 0 Å². The first-order valence-electron chi connectivity index (χ1n) is 5.03. The fourth-order valence-corrected chi connectivity index (χ4v) is 1.54. The molecule has 0 aliphatic rings. The second kappa shape index (κ2) is 6.68. The van der Waals surface area contributed by atoms with Crippen molar-refractivity contribution in [1.82, 2.24) is 0 Å². The fourth-order valence-electron chi connectivity index (χ4n) is 1.54. The maximum atomic E-state index is 10.1. The highest BCUT2D eigenvalue weighted by Gasteiger charge is 2.12. The van der Waals surface area contributed by atoms with Crippen LogP contribution in [-0.2, 0) is 22.7 Å². The zero-order chi connectivity index (χ0) is 12.7. The van der Waals surface area contributed by atoms with Crippen LogP contribution in [0.4, 0.5) is 0 Å². The lowest BCUT2D eigenvalue weighted by Crippen LogP contribution is -2.00. The van der Waals surface area contributed by atoms with E-state index in [9.17, 15) is 4.79 Å². The Balaban J connectivity index is 3.17. The van der Waals surface area contributed by atoms with Crippen molar-refractivity contribution >= 4 is 6.08 Å². The second-order valence-corrected chi connectivity index (χ2v) is 3.32. The number of hydrogen-bond donors (Lipinski definition) is 0. The number of aliphatic imine (C=N–C) groups is 1. The van der Waals surface area contributed by atoms with Gasteiger partial charge in [0.25, 0.3) is 0 Å². The highest BCUT2D eigenvalue weighted by atomic mass is 16.5. The quantitative estimate of drug-likeness (QED) is 0.558. The van der Waals surface area contributed by atoms with Crippen LogP contribution in [-0.4, -0.2) is 27.4 Å². The van der Waals surface area contributed by atoms with Crippen molar-refractivity contribution in [2.45, 2.75) is 13.2 Å². The van der Waals surface area contributed by atoms with Crippen LogP contribution in [0.1, 0.15) is 11.1 Å². The molecule has 0 N–H and O–H groups in total. The van der Waals surface area contributed by atoms with Gasteiger partial charge in [-0.05, 0) is 17.7 Å². The topological polar surface area (TPSA) is 57.1 Å². The van der Waals surface area contributed by atoms with E-state index >= 15 is 0 Å². The first-order chi connectivity index (χ1) is 8.26. The average molecular weight is 237 g/mol. The molecule has 1 rings (SSSR count). The van der Waals surface area contributed by atoms with Gasteiger partial charge in [-0.2, -0.15) is 0 Å². The predicted octanol–water partition coefficient (Wildman–Crippen LogP) is 1.69. The van der Waals surface area contributed by atoms with Crippen molar-refractivity contribution in [2.75, 3.05) is 21.3 Å². The molecule has 0 aliphatic carbocycles. The Morgan fingerprint density at radius 1 is 1.18 bits per heavy atom. The van der Waals surface area contributed by atoms with Crippen LogP contribution in [0, 0.1) is 0 Å². The molecule has 0 aliphatic heterocycles. The van der Waals surface area contributed by atoms with Gasteiger partial charge < -0.3 is 14.2 Å². The van der Waals surface area contributed by atoms with E-state index in [0.29, 0.717) is 18.1 Å². The molecular formula is C12H15NO4. The fraction of sp³-hybridized carbons (Fsp3) is 0.417. The number of hydrogen-bond acceptors (Lipinski definition) is 5. The van der Waals surface area contributed by atoms with Gasteiger partial charge in [0.15, 0.2) is 0 Å². The van der Waals surface area contributed by atoms with Crippen LogP contribution in [0.15, 0.2) is 17.1 Å². The first-order valence-corrected chi connectivity index (χ1v) is 5.03. The molecule has 0 heterocycles. The minimum atomic E-state index is 0.253. The Labute approximate surface area is 100 Å². The molecule has 17 heavy (non-hydrogen) atoms. The molecule has 0 radical (unpaired) electrons. The Hall–Kier alpha value is -1.84. The maximum absolute atomic E-state index is 10.1. The van der Waals surface area contributed by atoms with Crippen molar-refractivity contribution in [3.05, 3.63) is 23.3 Å². The highest BCUT2D eigenvalue weighted by molar-refractivity contribution is 5.48. The van der Waals surface area contributed by atoms with Gasteiger partial charge >= 0.3 is 0 Å². The molecule has 0 bridgehead atoms. The van der Waals surface area contributed by atoms with Gasteiger partial charge in [0.05, 0.1) is 32.9 Å². The van der Waals surface area contributed by atoms with Gasteiger partial charge in [-0.1, -0.05) is 0 Å². The van der Waals surface area contributed by atoms with Gasteiger partial charge in [-0.15, -0.1) is 0 Å². The van der Waals surface area contributed by atoms with Gasteiger partial charge in [-0.25, -0.2) is 9.79 Å². The molecule has 0 saturated heterocycles. The van der Waals surface area contributed by atoms with E-state index in [2.05, 4.69) is 4.99 Å². The summed E-state index contributed by atoms with van der Waals surface area (Å²) in [6, 6.07) is 3.61. The minimum Gasteiger partial charge on any atom is -0.496 e. The summed E-state index contributed by atoms with van der Waals surface area (Å²) in [5.41, 5.74) is 1.65. The van der Waals surface area contributed by atoms with E-state index < -0.39 is 0 Å². The van der Waals surface area contributed by atoms with Gasteiger partial charge in [-0.3, -0.25) is 0 Å². The Morgan fingerprint density at radius 2 is 1.76 bits per heavy atom. The number of ether oxygens (including phenoxy) is 3. The summed E-state index contributed by atoms with van der Waals surface area (Å²) in [4.78, 5) is 13.6. The lowest BCUT2D eigenvalue weighted by molar-refractivity contribution is 0.178. The summed E-state index contributed by atoms with van der Waals surface area (Å²) in [6.45, 7) is 0.646. The molecule has 1 aromatic rings. The molecule has 0 atom stereocenters. The molecule has 0 fully saturated rings. The molecule has 5 nitrogen and oxygen atoms in total. The third-order valence-electron chi connectivity index (χ3n) is 2.28. The van der Waals surface area contributed by atoms with Crippen LogP contribution in [0.2, 0.25) is 0 Å². The standard InChI is InChI=1S/C12H15NO4/c1-15-7-10-11(16-2)4-9(6-13-8-14)5-12(10)17-3/h4-5H,6-7H2,1-3H3. The van der Waals surface area contributed by atoms with Crippen LogP contribution in [0.3, 0.4) is 0 Å². The average Bonchev–Trinajstić information content (AvgIpc) is 2.37. The van der Waals surface area contributed by atoms with Gasteiger partial charge in [0.2, 0.25) is 6.08 Å². The molecule has 0 saturated carbocycles. The minimum absolute atomic E-state index is 0.253. The zero-order valence-electron chi connectivity index (χ0n) is 10.1. The van der Waals surface area contributed by atoms with E-state index in [4.69, 9.17) is 14.2 Å². The lowest BCUT2D eigenvalue weighted by atomic mass is 10.1. The molecule has 5 heteroatoms. The summed E-state index contributed by atoms with van der Waals surface area (Å²) in [7, 11) is 4.74. The molecule has 92 valence electrons. The summed E-state index contributed by atoms with van der Waals surface area (Å²) in [5.74, 6) is 1.31. The SMILES string of the molecule is COCc1c(OC)cc(CN=C=O)cc1OC. The van der Waals surface area contributed by atoms with Gasteiger partial charge in [0.1, 0.15) is 11.5 Å². The van der Waals surface area contributed by atoms with E-state index in [-0.39, 0.29) is 6.54 Å². The Kier molecular flexibility index (Phi) is 5.20. The predicted molar refractivity (Wildman–Crippen MR) is 62.1 cm³/mol. The smallest absolute Gasteiger partial charge is 0.235 e. The monoisotopic (exact) mass is 237 g/mol. The Morgan fingerprint density at radius 3 is 2.18 bits per heavy atom. The summed E-state index contributed by atoms with van der Waals surface area (Å²) >= 11 is 0. The van der Waals surface area contributed by atoms with Crippen molar-refractivity contribution < 1.29 is 19.0 Å². The molecule has 1 aromatic carbocycles. The normalized spacial score (nSPS) is 9.59. The third kappa shape index (κ3) is 3.31. The zero-order valence-corrected chi connectivity index (χ0v) is 10.1. The largest absolute Gasteiger partial charge is 0.496 e. The number of isocyanates is 1. The Bertz CT molecular complexity index is 400. The van der Waals surface area contributed by atoms with E-state index in [1.807, 2.05) is 0 Å². The van der Waals surface area contributed by atoms with E-state index in [0.717, 1.165) is 11.1 Å². The summed E-state index contributed by atoms with van der Waals surface area (Å²) in [5, 5.41) is 0. The molecule has 0 unspecified atom stereocenters. The lowest BCUT2D eigenvalue weighted by Gasteiger charge is -2.14. The third-order valence-corrected chi connectivity index (χ3v) is 2.28. The second-order valence-electron chi connectivity index (χ2n) is 3.32. The van der Waals surface area contributed by atoms with E-state index in [1.165, 1.54) is 6.08 Å². The van der Waals surface area contributed by atoms with Crippen molar-refractivity contribution in [3.8, 4) is 11.5 Å². The van der Waals surface area contributed by atoms with Crippen LogP contribution >= 0.6 is 0 Å². The van der Waals surface area contributed by atoms with Crippen LogP contribution < -0.4 is 9.47 Å². The molecule has 0 aromatic heterocycles. The number of rotatable bonds is 6. The molecule has 0 amide bonds. The number of methoxy groups -OCH3 is 3. The summed E-state index contributed by atoms with van der Waals surface area (Å²) < 4.78 is 15.6. The van der Waals surface area contributed by atoms with E-state index in [1.54, 1.807) is 33.5 Å². The van der Waals surface area contributed by atoms with Crippen LogP contribution in [0.25, 0.3) is 0 Å². The highest BCUT2D eigenvalue weighted by Crippen LogP contribution is 2.31. The number of carbonyl (C=O) groups excluding carboxylic acids is 1. The number of nitrogens with zero attached hydrogens (tertiary/aromatic N) is 1. The van der Waals surface area contributed by atoms with Crippen LogP contribution in [0.5, 0.6) is 11.5 Å². The molecule has 0 spiro atoms. The number of benzene rings is 1. The summed E-state index contributed by atoms with van der Waals surface area (Å²) in [6.07, 6.45) is 1.50. The maximum Gasteiger partial charge on any atom is 0.235 e. The van der Waals surface area contributed by atoms with Crippen molar-refractivity contribution in [2.24, 2.45) is 4.99 Å². The van der Waals surface area contributed by atoms with Crippen molar-refractivity contribution in [1.29, 1.82) is 0 Å². The first kappa shape index (κ1) is 13.2.